The number of hydrogen-bond donors (Lipinski definition) is 0. The Morgan fingerprint density at radius 1 is 0.931 bits per heavy atom. The van der Waals surface area contributed by atoms with Crippen LogP contribution in [0.1, 0.15) is 29.7 Å². The summed E-state index contributed by atoms with van der Waals surface area (Å²) in [6, 6.07) is 31.0. The number of amidine groups is 1. The van der Waals surface area contributed by atoms with Crippen molar-refractivity contribution >= 4 is 5.84 Å². The molecule has 5 nitrogen and oxygen atoms in total. The van der Waals surface area contributed by atoms with E-state index in [2.05, 4.69) is 70.4 Å². The molecule has 5 heteroatoms. The van der Waals surface area contributed by atoms with Crippen LogP contribution in [-0.4, -0.2) is 22.8 Å². The van der Waals surface area contributed by atoms with Gasteiger partial charge in [-0.3, -0.25) is 4.99 Å². The summed E-state index contributed by atoms with van der Waals surface area (Å²) in [6.07, 6.45) is 0. The molecule has 0 unspecified atom stereocenters. The number of nitrogens with zero attached hydrogens (tertiary/aromatic N) is 5. The van der Waals surface area contributed by atoms with Crippen LogP contribution < -0.4 is 0 Å². The lowest BCUT2D eigenvalue weighted by atomic mass is 9.87. The predicted molar refractivity (Wildman–Crippen MR) is 117 cm³/mol. The van der Waals surface area contributed by atoms with Crippen LogP contribution in [0.15, 0.2) is 101 Å². The highest BCUT2D eigenvalue weighted by atomic mass is 15.3. The van der Waals surface area contributed by atoms with Gasteiger partial charge < -0.3 is 4.90 Å². The zero-order chi connectivity index (χ0) is 20.1. The van der Waals surface area contributed by atoms with Crippen LogP contribution in [-0.2, 0) is 6.54 Å². The van der Waals surface area contributed by atoms with Crippen molar-refractivity contribution in [3.05, 3.63) is 118 Å². The fraction of sp³-hybridized carbons (Fsp3) is 0.208. The topological polar surface area (TPSA) is 64.4 Å². The summed E-state index contributed by atoms with van der Waals surface area (Å²) in [5.74, 6) is 0.930. The molecule has 0 aliphatic carbocycles. The Labute approximate surface area is 171 Å². The van der Waals surface area contributed by atoms with Crippen molar-refractivity contribution in [3.63, 3.8) is 0 Å². The van der Waals surface area contributed by atoms with E-state index >= 15 is 0 Å². The summed E-state index contributed by atoms with van der Waals surface area (Å²) in [6.45, 7) is 3.10. The Kier molecular flexibility index (Phi) is 5.32. The van der Waals surface area contributed by atoms with Crippen LogP contribution >= 0.6 is 0 Å². The Morgan fingerprint density at radius 2 is 1.52 bits per heavy atom. The maximum Gasteiger partial charge on any atom is 0.132 e. The van der Waals surface area contributed by atoms with Gasteiger partial charge in [-0.15, -0.1) is 0 Å². The molecule has 0 spiro atoms. The lowest BCUT2D eigenvalue weighted by Gasteiger charge is -2.35. The minimum absolute atomic E-state index is 0.0374. The smallest absolute Gasteiger partial charge is 0.132 e. The van der Waals surface area contributed by atoms with Crippen LogP contribution in [0.25, 0.3) is 10.4 Å². The maximum atomic E-state index is 8.98. The van der Waals surface area contributed by atoms with Crippen LogP contribution in [0.2, 0.25) is 0 Å². The Hall–Kier alpha value is -3.56. The van der Waals surface area contributed by atoms with Gasteiger partial charge in [0.15, 0.2) is 0 Å². The molecule has 4 rings (SSSR count). The first-order valence-electron chi connectivity index (χ1n) is 9.73. The summed E-state index contributed by atoms with van der Waals surface area (Å²) >= 11 is 0. The molecule has 0 saturated carbocycles. The zero-order valence-electron chi connectivity index (χ0n) is 16.4. The molecule has 0 bridgehead atoms. The van der Waals surface area contributed by atoms with Crippen molar-refractivity contribution in [1.29, 1.82) is 0 Å². The Balaban J connectivity index is 1.85. The van der Waals surface area contributed by atoms with Crippen molar-refractivity contribution in [1.82, 2.24) is 4.90 Å². The van der Waals surface area contributed by atoms with Gasteiger partial charge in [0, 0.05) is 17.0 Å². The van der Waals surface area contributed by atoms with Crippen molar-refractivity contribution < 1.29 is 0 Å². The normalized spacial score (nSPS) is 20.8. The first kappa shape index (κ1) is 18.8. The van der Waals surface area contributed by atoms with E-state index in [-0.39, 0.29) is 6.04 Å². The molecule has 3 aromatic carbocycles. The fourth-order valence-corrected chi connectivity index (χ4v) is 4.06. The molecule has 0 saturated heterocycles. The van der Waals surface area contributed by atoms with Gasteiger partial charge in [0.1, 0.15) is 5.84 Å². The quantitative estimate of drug-likeness (QED) is 0.304. The Bertz CT molecular complexity index is 1030. The number of azide groups is 1. The van der Waals surface area contributed by atoms with Crippen LogP contribution in [0.5, 0.6) is 0 Å². The molecule has 0 fully saturated rings. The van der Waals surface area contributed by atoms with Gasteiger partial charge in [-0.1, -0.05) is 96.1 Å². The standard InChI is InChI=1S/C24H23N5/c1-24(18-26-28-25)22(20-13-7-3-8-14-20)29(17-19-11-5-2-6-12-19)23(27-24)21-15-9-4-10-16-21/h2-16,22H,17-18H2,1H3/t22-,24+/m0/s1. The molecule has 1 aliphatic rings. The molecule has 1 aliphatic heterocycles. The number of aliphatic imine (C=N–C) groups is 1. The fourth-order valence-electron chi connectivity index (χ4n) is 4.06. The molecule has 1 heterocycles. The summed E-state index contributed by atoms with van der Waals surface area (Å²) in [4.78, 5) is 10.5. The minimum Gasteiger partial charge on any atom is -0.343 e. The average molecular weight is 381 g/mol. The van der Waals surface area contributed by atoms with Crippen molar-refractivity contribution in [2.24, 2.45) is 10.1 Å². The summed E-state index contributed by atoms with van der Waals surface area (Å²) in [5, 5.41) is 3.92. The second-order valence-corrected chi connectivity index (χ2v) is 7.47. The van der Waals surface area contributed by atoms with E-state index in [4.69, 9.17) is 10.5 Å². The van der Waals surface area contributed by atoms with E-state index in [0.717, 1.165) is 23.5 Å². The average Bonchev–Trinajstić information content (AvgIpc) is 3.06. The third kappa shape index (κ3) is 3.86. The molecule has 3 aromatic rings. The summed E-state index contributed by atoms with van der Waals surface area (Å²) in [7, 11) is 0. The highest BCUT2D eigenvalue weighted by Gasteiger charge is 2.46. The van der Waals surface area contributed by atoms with Crippen molar-refractivity contribution in [2.75, 3.05) is 6.54 Å². The van der Waals surface area contributed by atoms with E-state index in [1.54, 1.807) is 0 Å². The molecular weight excluding hydrogens is 358 g/mol. The van der Waals surface area contributed by atoms with Gasteiger partial charge in [-0.05, 0) is 23.6 Å². The lowest BCUT2D eigenvalue weighted by Crippen LogP contribution is -2.40. The minimum atomic E-state index is -0.562. The van der Waals surface area contributed by atoms with Gasteiger partial charge in [0.25, 0.3) is 0 Å². The van der Waals surface area contributed by atoms with Gasteiger partial charge in [0.2, 0.25) is 0 Å². The van der Waals surface area contributed by atoms with Crippen molar-refractivity contribution in [2.45, 2.75) is 25.0 Å². The second kappa shape index (κ2) is 8.21. The lowest BCUT2D eigenvalue weighted by molar-refractivity contribution is 0.243. The molecule has 29 heavy (non-hydrogen) atoms. The third-order valence-electron chi connectivity index (χ3n) is 5.33. The number of hydrogen-bond acceptors (Lipinski definition) is 3. The molecule has 144 valence electrons. The molecule has 0 radical (unpaired) electrons. The first-order chi connectivity index (χ1) is 14.2. The summed E-state index contributed by atoms with van der Waals surface area (Å²) in [5.41, 5.74) is 11.9. The zero-order valence-corrected chi connectivity index (χ0v) is 16.4. The van der Waals surface area contributed by atoms with E-state index < -0.39 is 5.54 Å². The van der Waals surface area contributed by atoms with Crippen LogP contribution in [0.4, 0.5) is 0 Å². The SMILES string of the molecule is C[C@]1(CN=[N+]=[N-])N=C(c2ccccc2)N(Cc2ccccc2)[C@H]1c1ccccc1. The van der Waals surface area contributed by atoms with Crippen LogP contribution in [0.3, 0.4) is 0 Å². The molecule has 0 amide bonds. The van der Waals surface area contributed by atoms with Crippen LogP contribution in [0, 0.1) is 0 Å². The monoisotopic (exact) mass is 381 g/mol. The molecular formula is C24H23N5. The Morgan fingerprint density at radius 3 is 2.14 bits per heavy atom. The van der Waals surface area contributed by atoms with E-state index in [9.17, 15) is 0 Å². The van der Waals surface area contributed by atoms with E-state index in [0.29, 0.717) is 6.54 Å². The summed E-state index contributed by atoms with van der Waals surface area (Å²) < 4.78 is 0. The number of benzene rings is 3. The highest BCUT2D eigenvalue weighted by molar-refractivity contribution is 6.00. The van der Waals surface area contributed by atoms with Gasteiger partial charge in [0.05, 0.1) is 18.1 Å². The molecule has 0 aromatic heterocycles. The highest BCUT2D eigenvalue weighted by Crippen LogP contribution is 2.42. The number of rotatable bonds is 6. The third-order valence-corrected chi connectivity index (χ3v) is 5.33. The molecule has 2 atom stereocenters. The van der Waals surface area contributed by atoms with Gasteiger partial charge >= 0.3 is 0 Å². The van der Waals surface area contributed by atoms with E-state index in [1.165, 1.54) is 5.56 Å². The molecule has 0 N–H and O–H groups in total. The largest absolute Gasteiger partial charge is 0.343 e. The second-order valence-electron chi connectivity index (χ2n) is 7.47. The van der Waals surface area contributed by atoms with E-state index in [1.807, 2.05) is 42.5 Å². The van der Waals surface area contributed by atoms with Gasteiger partial charge in [-0.25, -0.2) is 0 Å². The first-order valence-corrected chi connectivity index (χ1v) is 9.73. The van der Waals surface area contributed by atoms with Gasteiger partial charge in [-0.2, -0.15) is 0 Å². The maximum absolute atomic E-state index is 8.98. The van der Waals surface area contributed by atoms with Crippen molar-refractivity contribution in [3.8, 4) is 0 Å². The predicted octanol–water partition coefficient (Wildman–Crippen LogP) is 5.76.